The lowest BCUT2D eigenvalue weighted by Gasteiger charge is -2.35. The molecule has 116 valence electrons. The molecule has 0 unspecified atom stereocenters. The summed E-state index contributed by atoms with van der Waals surface area (Å²) in [5.41, 5.74) is -0.505. The molecule has 1 fully saturated rings. The first kappa shape index (κ1) is 16.8. The summed E-state index contributed by atoms with van der Waals surface area (Å²) < 4.78 is 0. The van der Waals surface area contributed by atoms with Crippen LogP contribution in [0.3, 0.4) is 0 Å². The van der Waals surface area contributed by atoms with E-state index in [0.29, 0.717) is 12.5 Å². The van der Waals surface area contributed by atoms with Crippen LogP contribution in [0.5, 0.6) is 0 Å². The van der Waals surface area contributed by atoms with E-state index in [0.717, 1.165) is 25.9 Å². The summed E-state index contributed by atoms with van der Waals surface area (Å²) in [7, 11) is 2.10. The van der Waals surface area contributed by atoms with Crippen LogP contribution in [0.4, 0.5) is 4.79 Å². The highest BCUT2D eigenvalue weighted by atomic mass is 16.4. The minimum absolute atomic E-state index is 0.275. The van der Waals surface area contributed by atoms with E-state index >= 15 is 0 Å². The van der Waals surface area contributed by atoms with Crippen LogP contribution in [0.25, 0.3) is 0 Å². The van der Waals surface area contributed by atoms with Crippen molar-refractivity contribution in [3.8, 4) is 0 Å². The molecular weight excluding hydrogens is 258 g/mol. The number of carboxylic acids is 1. The number of rotatable bonds is 4. The number of amides is 2. The number of nitrogens with one attached hydrogen (secondary N) is 1. The first-order chi connectivity index (χ1) is 9.20. The van der Waals surface area contributed by atoms with Crippen LogP contribution < -0.4 is 5.32 Å². The Morgan fingerprint density at radius 1 is 1.30 bits per heavy atom. The fraction of sp³-hybridized carbons (Fsp3) is 0.857. The van der Waals surface area contributed by atoms with Crippen molar-refractivity contribution in [1.29, 1.82) is 0 Å². The number of carboxylic acid groups (broad SMARTS) is 1. The molecule has 2 N–H and O–H groups in total. The Balaban J connectivity index is 2.48. The number of carbonyl (C=O) groups is 2. The van der Waals surface area contributed by atoms with E-state index in [1.807, 2.05) is 20.8 Å². The maximum absolute atomic E-state index is 12.2. The van der Waals surface area contributed by atoms with Gasteiger partial charge in [-0.3, -0.25) is 4.79 Å². The highest BCUT2D eigenvalue weighted by Crippen LogP contribution is 2.16. The molecule has 0 aromatic heterocycles. The molecule has 1 heterocycles. The Labute approximate surface area is 121 Å². The average Bonchev–Trinajstić information content (AvgIpc) is 2.33. The van der Waals surface area contributed by atoms with Gasteiger partial charge < -0.3 is 20.2 Å². The average molecular weight is 285 g/mol. The molecule has 1 aliphatic rings. The van der Waals surface area contributed by atoms with Crippen molar-refractivity contribution in [3.63, 3.8) is 0 Å². The molecular formula is C14H27N3O3. The van der Waals surface area contributed by atoms with Gasteiger partial charge in [-0.15, -0.1) is 0 Å². The van der Waals surface area contributed by atoms with Gasteiger partial charge in [0.1, 0.15) is 6.54 Å². The Kier molecular flexibility index (Phi) is 5.80. The smallest absolute Gasteiger partial charge is 0.323 e. The molecule has 0 radical (unpaired) electrons. The molecule has 1 rings (SSSR count). The third-order valence-electron chi connectivity index (χ3n) is 3.73. The van der Waals surface area contributed by atoms with Gasteiger partial charge in [0.15, 0.2) is 0 Å². The molecule has 0 atom stereocenters. The maximum atomic E-state index is 12.2. The van der Waals surface area contributed by atoms with Crippen molar-refractivity contribution in [3.05, 3.63) is 0 Å². The lowest BCUT2D eigenvalue weighted by atomic mass is 9.97. The predicted molar refractivity (Wildman–Crippen MR) is 77.7 cm³/mol. The number of nitrogens with zero attached hydrogens (tertiary/aromatic N) is 2. The van der Waals surface area contributed by atoms with Crippen LogP contribution in [0.15, 0.2) is 0 Å². The quantitative estimate of drug-likeness (QED) is 0.814. The SMILES string of the molecule is CN1CCC(CNC(=O)N(CC(=O)O)C(C)(C)C)CC1. The number of hydrogen-bond acceptors (Lipinski definition) is 3. The van der Waals surface area contributed by atoms with E-state index in [4.69, 9.17) is 5.11 Å². The van der Waals surface area contributed by atoms with Gasteiger partial charge in [-0.05, 0) is 59.7 Å². The van der Waals surface area contributed by atoms with Crippen molar-refractivity contribution < 1.29 is 14.7 Å². The summed E-state index contributed by atoms with van der Waals surface area (Å²) in [6.45, 7) is 7.97. The number of carbonyl (C=O) groups excluding carboxylic acids is 1. The van der Waals surface area contributed by atoms with Crippen molar-refractivity contribution >= 4 is 12.0 Å². The van der Waals surface area contributed by atoms with Gasteiger partial charge in [-0.25, -0.2) is 4.79 Å². The molecule has 0 aliphatic carbocycles. The highest BCUT2D eigenvalue weighted by Gasteiger charge is 2.29. The molecule has 0 saturated carbocycles. The summed E-state index contributed by atoms with van der Waals surface area (Å²) in [5.74, 6) is -0.504. The summed E-state index contributed by atoms with van der Waals surface area (Å²) in [6.07, 6.45) is 2.15. The highest BCUT2D eigenvalue weighted by molar-refractivity contribution is 5.80. The molecule has 2 amide bonds. The van der Waals surface area contributed by atoms with Crippen molar-refractivity contribution in [2.45, 2.75) is 39.2 Å². The second-order valence-electron chi connectivity index (χ2n) is 6.58. The zero-order valence-electron chi connectivity index (χ0n) is 13.0. The standard InChI is InChI=1S/C14H27N3O3/c1-14(2,3)17(10-12(18)19)13(20)15-9-11-5-7-16(4)8-6-11/h11H,5-10H2,1-4H3,(H,15,20)(H,18,19). The van der Waals surface area contributed by atoms with Gasteiger partial charge in [0.2, 0.25) is 0 Å². The van der Waals surface area contributed by atoms with Crippen molar-refractivity contribution in [2.75, 3.05) is 33.2 Å². The van der Waals surface area contributed by atoms with E-state index in [9.17, 15) is 9.59 Å². The lowest BCUT2D eigenvalue weighted by molar-refractivity contribution is -0.138. The summed E-state index contributed by atoms with van der Waals surface area (Å²) >= 11 is 0. The zero-order valence-corrected chi connectivity index (χ0v) is 13.0. The Hall–Kier alpha value is -1.30. The van der Waals surface area contributed by atoms with Crippen LogP contribution in [0.1, 0.15) is 33.6 Å². The Morgan fingerprint density at radius 2 is 1.85 bits per heavy atom. The molecule has 1 saturated heterocycles. The number of piperidine rings is 1. The third kappa shape index (κ3) is 5.36. The number of aliphatic carboxylic acids is 1. The van der Waals surface area contributed by atoms with Crippen LogP contribution in [0.2, 0.25) is 0 Å². The van der Waals surface area contributed by atoms with Crippen LogP contribution >= 0.6 is 0 Å². The number of likely N-dealkylation sites (tertiary alicyclic amines) is 1. The van der Waals surface area contributed by atoms with Crippen LogP contribution in [-0.2, 0) is 4.79 Å². The normalized spacial score (nSPS) is 17.8. The minimum Gasteiger partial charge on any atom is -0.480 e. The monoisotopic (exact) mass is 285 g/mol. The second kappa shape index (κ2) is 6.92. The summed E-state index contributed by atoms with van der Waals surface area (Å²) in [5, 5.41) is 11.8. The van der Waals surface area contributed by atoms with Gasteiger partial charge in [-0.2, -0.15) is 0 Å². The molecule has 20 heavy (non-hydrogen) atoms. The van der Waals surface area contributed by atoms with Crippen molar-refractivity contribution in [1.82, 2.24) is 15.1 Å². The summed E-state index contributed by atoms with van der Waals surface area (Å²) in [6, 6.07) is -0.293. The fourth-order valence-electron chi connectivity index (χ4n) is 2.34. The zero-order chi connectivity index (χ0) is 15.3. The minimum atomic E-state index is -0.991. The van der Waals surface area contributed by atoms with Gasteiger partial charge in [0.05, 0.1) is 0 Å². The van der Waals surface area contributed by atoms with Crippen LogP contribution in [0, 0.1) is 5.92 Å². The number of hydrogen-bond donors (Lipinski definition) is 2. The van der Waals surface area contributed by atoms with E-state index in [1.54, 1.807) is 0 Å². The first-order valence-corrected chi connectivity index (χ1v) is 7.16. The molecule has 6 nitrogen and oxygen atoms in total. The van der Waals surface area contributed by atoms with Gasteiger partial charge >= 0.3 is 12.0 Å². The Morgan fingerprint density at radius 3 is 2.30 bits per heavy atom. The first-order valence-electron chi connectivity index (χ1n) is 7.16. The predicted octanol–water partition coefficient (Wildman–Crippen LogP) is 1.22. The second-order valence-corrected chi connectivity index (χ2v) is 6.58. The maximum Gasteiger partial charge on any atom is 0.323 e. The van der Waals surface area contributed by atoms with E-state index in [-0.39, 0.29) is 12.6 Å². The Bertz CT molecular complexity index is 344. The van der Waals surface area contributed by atoms with Gasteiger partial charge in [-0.1, -0.05) is 0 Å². The largest absolute Gasteiger partial charge is 0.480 e. The molecule has 1 aliphatic heterocycles. The molecule has 6 heteroatoms. The topological polar surface area (TPSA) is 72.9 Å². The van der Waals surface area contributed by atoms with E-state index < -0.39 is 11.5 Å². The van der Waals surface area contributed by atoms with Gasteiger partial charge in [0.25, 0.3) is 0 Å². The lowest BCUT2D eigenvalue weighted by Crippen LogP contribution is -2.53. The third-order valence-corrected chi connectivity index (χ3v) is 3.73. The molecule has 0 spiro atoms. The molecule has 0 bridgehead atoms. The summed E-state index contributed by atoms with van der Waals surface area (Å²) in [4.78, 5) is 26.7. The molecule has 0 aromatic carbocycles. The molecule has 0 aromatic rings. The fourth-order valence-corrected chi connectivity index (χ4v) is 2.34. The van der Waals surface area contributed by atoms with E-state index in [2.05, 4.69) is 17.3 Å². The van der Waals surface area contributed by atoms with E-state index in [1.165, 1.54) is 4.90 Å². The van der Waals surface area contributed by atoms with Crippen LogP contribution in [-0.4, -0.2) is 65.7 Å². The van der Waals surface area contributed by atoms with Gasteiger partial charge in [0, 0.05) is 12.1 Å². The number of urea groups is 1. The van der Waals surface area contributed by atoms with Crippen molar-refractivity contribution in [2.24, 2.45) is 5.92 Å².